The predicted octanol–water partition coefficient (Wildman–Crippen LogP) is 3.40. The second kappa shape index (κ2) is 3.71. The molecule has 0 aliphatic rings. The summed E-state index contributed by atoms with van der Waals surface area (Å²) < 4.78 is 39.0. The molecular formula is C6H2BrClF3NO. The van der Waals surface area contributed by atoms with Gasteiger partial charge in [0.1, 0.15) is 5.02 Å². The molecule has 0 N–H and O–H groups in total. The van der Waals surface area contributed by atoms with E-state index in [0.29, 0.717) is 0 Å². The molecule has 1 rings (SSSR count). The molecule has 0 bridgehead atoms. The highest BCUT2D eigenvalue weighted by Crippen LogP contribution is 2.35. The first-order valence-electron chi connectivity index (χ1n) is 2.95. The minimum Gasteiger partial charge on any atom is -0.403 e. The Morgan fingerprint density at radius 3 is 2.46 bits per heavy atom. The first-order chi connectivity index (χ1) is 5.90. The van der Waals surface area contributed by atoms with Crippen LogP contribution in [0.2, 0.25) is 5.02 Å². The molecule has 0 aliphatic heterocycles. The first kappa shape index (κ1) is 10.6. The van der Waals surface area contributed by atoms with Gasteiger partial charge in [0, 0.05) is 12.4 Å². The van der Waals surface area contributed by atoms with E-state index in [1.165, 1.54) is 0 Å². The van der Waals surface area contributed by atoms with Gasteiger partial charge in [-0.05, 0) is 15.9 Å². The van der Waals surface area contributed by atoms with Crippen molar-refractivity contribution in [3.05, 3.63) is 21.9 Å². The number of hydrogen-bond acceptors (Lipinski definition) is 2. The smallest absolute Gasteiger partial charge is 0.403 e. The molecule has 0 spiro atoms. The normalized spacial score (nSPS) is 11.5. The number of halogens is 5. The van der Waals surface area contributed by atoms with Crippen molar-refractivity contribution in [2.24, 2.45) is 0 Å². The van der Waals surface area contributed by atoms with E-state index in [0.717, 1.165) is 12.4 Å². The highest BCUT2D eigenvalue weighted by molar-refractivity contribution is 9.10. The summed E-state index contributed by atoms with van der Waals surface area (Å²) in [6.45, 7) is 0. The van der Waals surface area contributed by atoms with Gasteiger partial charge >= 0.3 is 6.36 Å². The summed E-state index contributed by atoms with van der Waals surface area (Å²) in [5.74, 6) is -0.482. The van der Waals surface area contributed by atoms with Gasteiger partial charge in [0.05, 0.1) is 4.47 Å². The van der Waals surface area contributed by atoms with E-state index in [-0.39, 0.29) is 9.50 Å². The van der Waals surface area contributed by atoms with Gasteiger partial charge in [-0.3, -0.25) is 4.98 Å². The lowest BCUT2D eigenvalue weighted by atomic mass is 10.4. The van der Waals surface area contributed by atoms with E-state index in [1.807, 2.05) is 0 Å². The van der Waals surface area contributed by atoms with Gasteiger partial charge in [-0.15, -0.1) is 13.2 Å². The van der Waals surface area contributed by atoms with Crippen molar-refractivity contribution >= 4 is 27.5 Å². The van der Waals surface area contributed by atoms with E-state index in [4.69, 9.17) is 11.6 Å². The summed E-state index contributed by atoms with van der Waals surface area (Å²) in [4.78, 5) is 3.55. The van der Waals surface area contributed by atoms with Gasteiger partial charge in [-0.25, -0.2) is 0 Å². The van der Waals surface area contributed by atoms with Gasteiger partial charge in [-0.1, -0.05) is 11.6 Å². The van der Waals surface area contributed by atoms with Crippen LogP contribution in [0, 0.1) is 0 Å². The Morgan fingerprint density at radius 1 is 1.38 bits per heavy atom. The zero-order valence-electron chi connectivity index (χ0n) is 5.90. The van der Waals surface area contributed by atoms with E-state index < -0.39 is 12.1 Å². The SMILES string of the molecule is FC(F)(F)Oc1c(Cl)cncc1Br. The van der Waals surface area contributed by atoms with Crippen molar-refractivity contribution in [3.8, 4) is 5.75 Å². The Hall–Kier alpha value is -0.490. The molecule has 1 heterocycles. The quantitative estimate of drug-likeness (QED) is 0.784. The average Bonchev–Trinajstić information content (AvgIpc) is 1.95. The van der Waals surface area contributed by atoms with E-state index in [9.17, 15) is 13.2 Å². The Morgan fingerprint density at radius 2 is 2.00 bits per heavy atom. The zero-order valence-corrected chi connectivity index (χ0v) is 8.24. The average molecular weight is 276 g/mol. The van der Waals surface area contributed by atoms with Crippen LogP contribution in [0.5, 0.6) is 5.75 Å². The lowest BCUT2D eigenvalue weighted by molar-refractivity contribution is -0.274. The van der Waals surface area contributed by atoms with Crippen molar-refractivity contribution in [1.29, 1.82) is 0 Å². The summed E-state index contributed by atoms with van der Waals surface area (Å²) >= 11 is 8.25. The Bertz CT molecular complexity index is 297. The molecule has 0 unspecified atom stereocenters. The monoisotopic (exact) mass is 275 g/mol. The van der Waals surface area contributed by atoms with Crippen molar-refractivity contribution in [1.82, 2.24) is 4.98 Å². The summed E-state index contributed by atoms with van der Waals surface area (Å²) in [5, 5.41) is -0.202. The molecule has 13 heavy (non-hydrogen) atoms. The van der Waals surface area contributed by atoms with Crippen LogP contribution in [0.15, 0.2) is 16.9 Å². The molecule has 72 valence electrons. The molecule has 0 amide bonds. The fourth-order valence-corrected chi connectivity index (χ4v) is 1.34. The standard InChI is InChI=1S/C6H2BrClF3NO/c7-3-1-12-2-4(8)5(3)13-6(9,10)11/h1-2H. The number of hydrogen-bond donors (Lipinski definition) is 0. The maximum Gasteiger partial charge on any atom is 0.573 e. The van der Waals surface area contributed by atoms with Crippen LogP contribution in [0.1, 0.15) is 0 Å². The highest BCUT2D eigenvalue weighted by Gasteiger charge is 2.33. The van der Waals surface area contributed by atoms with Crippen molar-refractivity contribution in [2.75, 3.05) is 0 Å². The summed E-state index contributed by atoms with van der Waals surface area (Å²) in [6, 6.07) is 0. The number of nitrogens with zero attached hydrogens (tertiary/aromatic N) is 1. The van der Waals surface area contributed by atoms with Crippen LogP contribution < -0.4 is 4.74 Å². The third-order valence-corrected chi connectivity index (χ3v) is 1.86. The molecule has 1 aromatic rings. The minimum absolute atomic E-state index is 0.0531. The fourth-order valence-electron chi connectivity index (χ4n) is 0.613. The predicted molar refractivity (Wildman–Crippen MR) is 43.6 cm³/mol. The van der Waals surface area contributed by atoms with Crippen molar-refractivity contribution in [3.63, 3.8) is 0 Å². The van der Waals surface area contributed by atoms with Crippen molar-refractivity contribution in [2.45, 2.75) is 6.36 Å². The maximum atomic E-state index is 11.8. The topological polar surface area (TPSA) is 22.1 Å². The lowest BCUT2D eigenvalue weighted by Crippen LogP contribution is -2.17. The number of aromatic nitrogens is 1. The molecular weight excluding hydrogens is 274 g/mol. The van der Waals surface area contributed by atoms with Gasteiger partial charge in [0.15, 0.2) is 5.75 Å². The Labute approximate surface area is 84.8 Å². The number of pyridine rings is 1. The Kier molecular flexibility index (Phi) is 3.02. The van der Waals surface area contributed by atoms with Crippen LogP contribution in [0.4, 0.5) is 13.2 Å². The van der Waals surface area contributed by atoms with Gasteiger partial charge in [-0.2, -0.15) is 0 Å². The van der Waals surface area contributed by atoms with Gasteiger partial charge in [0.2, 0.25) is 0 Å². The highest BCUT2D eigenvalue weighted by atomic mass is 79.9. The molecule has 0 saturated heterocycles. The molecule has 0 radical (unpaired) electrons. The first-order valence-corrected chi connectivity index (χ1v) is 4.12. The molecule has 1 aromatic heterocycles. The van der Waals surface area contributed by atoms with E-state index in [2.05, 4.69) is 25.7 Å². The minimum atomic E-state index is -4.76. The molecule has 0 atom stereocenters. The molecule has 0 fully saturated rings. The Balaban J connectivity index is 3.00. The zero-order chi connectivity index (χ0) is 10.1. The van der Waals surface area contributed by atoms with Crippen LogP contribution in [0.3, 0.4) is 0 Å². The lowest BCUT2D eigenvalue weighted by Gasteiger charge is -2.10. The van der Waals surface area contributed by atoms with Crippen LogP contribution in [-0.4, -0.2) is 11.3 Å². The van der Waals surface area contributed by atoms with E-state index >= 15 is 0 Å². The second-order valence-electron chi connectivity index (χ2n) is 1.98. The van der Waals surface area contributed by atoms with Gasteiger partial charge < -0.3 is 4.74 Å². The maximum absolute atomic E-state index is 11.8. The van der Waals surface area contributed by atoms with E-state index in [1.54, 1.807) is 0 Å². The molecule has 0 saturated carbocycles. The van der Waals surface area contributed by atoms with Gasteiger partial charge in [0.25, 0.3) is 0 Å². The molecule has 0 aromatic carbocycles. The third-order valence-electron chi connectivity index (χ3n) is 1.03. The molecule has 0 aliphatic carbocycles. The third kappa shape index (κ3) is 3.04. The number of alkyl halides is 3. The largest absolute Gasteiger partial charge is 0.573 e. The fraction of sp³-hybridized carbons (Fsp3) is 0.167. The summed E-state index contributed by atoms with van der Waals surface area (Å²) in [5.41, 5.74) is 0. The van der Waals surface area contributed by atoms with Crippen molar-refractivity contribution < 1.29 is 17.9 Å². The van der Waals surface area contributed by atoms with Crippen LogP contribution in [-0.2, 0) is 0 Å². The summed E-state index contributed by atoms with van der Waals surface area (Å²) in [6.07, 6.45) is -2.53. The molecule has 7 heteroatoms. The number of ether oxygens (including phenoxy) is 1. The second-order valence-corrected chi connectivity index (χ2v) is 3.24. The number of rotatable bonds is 1. The molecule has 2 nitrogen and oxygen atoms in total. The van der Waals surface area contributed by atoms with Crippen LogP contribution in [0.25, 0.3) is 0 Å². The van der Waals surface area contributed by atoms with Crippen LogP contribution >= 0.6 is 27.5 Å². The summed E-state index contributed by atoms with van der Waals surface area (Å²) in [7, 11) is 0.